The van der Waals surface area contributed by atoms with Crippen LogP contribution in [-0.4, -0.2) is 45.7 Å². The molecule has 0 bridgehead atoms. The van der Waals surface area contributed by atoms with Crippen LogP contribution < -0.4 is 0 Å². The summed E-state index contributed by atoms with van der Waals surface area (Å²) in [5.41, 5.74) is -0.958. The van der Waals surface area contributed by atoms with Gasteiger partial charge in [0.15, 0.2) is 11.0 Å². The zero-order valence-electron chi connectivity index (χ0n) is 22.5. The molecule has 37 heavy (non-hydrogen) atoms. The van der Waals surface area contributed by atoms with Crippen LogP contribution in [0.5, 0.6) is 0 Å². The topological polar surface area (TPSA) is 115 Å². The number of rotatable bonds is 10. The van der Waals surface area contributed by atoms with E-state index in [4.69, 9.17) is 16.3 Å². The Kier molecular flexibility index (Phi) is 9.67. The molecule has 0 heterocycles. The van der Waals surface area contributed by atoms with Gasteiger partial charge in [-0.2, -0.15) is 0 Å². The fourth-order valence-electron chi connectivity index (χ4n) is 4.63. The molecule has 0 spiro atoms. The second-order valence-electron chi connectivity index (χ2n) is 10.0. The number of hydrogen-bond acceptors (Lipinski definition) is 6. The molecule has 0 fully saturated rings. The lowest BCUT2D eigenvalue weighted by molar-refractivity contribution is -0.147. The standard InChI is InChI=1S/C28H34ClO7P/c1-14(2)13-36-26(32)24(23(29)25(30)31)37(35,27(33)21-17(5)9-15(3)10-18(21)6)28(34)22-19(7)11-16(4)12-20(22)8/h9-12,14,23-24H,13H2,1-8H3,(H,30,31). The van der Waals surface area contributed by atoms with E-state index in [2.05, 4.69) is 0 Å². The summed E-state index contributed by atoms with van der Waals surface area (Å²) >= 11 is 6.17. The fourth-order valence-corrected chi connectivity index (χ4v) is 8.14. The van der Waals surface area contributed by atoms with Crippen molar-refractivity contribution in [1.82, 2.24) is 0 Å². The van der Waals surface area contributed by atoms with E-state index >= 15 is 0 Å². The number of carboxylic acids is 1. The summed E-state index contributed by atoms with van der Waals surface area (Å²) in [7, 11) is -5.08. The number of benzene rings is 2. The molecule has 2 aromatic rings. The minimum absolute atomic E-state index is 0.000571. The Labute approximate surface area is 222 Å². The highest BCUT2D eigenvalue weighted by Gasteiger charge is 2.57. The Morgan fingerprint density at radius 3 is 1.46 bits per heavy atom. The van der Waals surface area contributed by atoms with E-state index in [0.717, 1.165) is 11.1 Å². The fraction of sp³-hybridized carbons (Fsp3) is 0.429. The van der Waals surface area contributed by atoms with Gasteiger partial charge in [-0.15, -0.1) is 11.6 Å². The molecule has 0 saturated heterocycles. The second-order valence-corrected chi connectivity index (χ2v) is 13.2. The first-order valence-electron chi connectivity index (χ1n) is 11.9. The van der Waals surface area contributed by atoms with Crippen LogP contribution in [0.3, 0.4) is 0 Å². The number of aryl methyl sites for hydroxylation is 6. The van der Waals surface area contributed by atoms with Gasteiger partial charge in [0.05, 0.1) is 6.61 Å². The summed E-state index contributed by atoms with van der Waals surface area (Å²) in [6, 6.07) is 6.77. The van der Waals surface area contributed by atoms with Gasteiger partial charge in [-0.05, 0) is 69.7 Å². The third-order valence-corrected chi connectivity index (χ3v) is 9.65. The summed E-state index contributed by atoms with van der Waals surface area (Å²) in [4.78, 5) is 53.7. The van der Waals surface area contributed by atoms with Crippen molar-refractivity contribution in [3.05, 3.63) is 68.8 Å². The van der Waals surface area contributed by atoms with E-state index in [0.29, 0.717) is 22.3 Å². The van der Waals surface area contributed by atoms with Crippen molar-refractivity contribution in [2.24, 2.45) is 5.92 Å². The summed E-state index contributed by atoms with van der Waals surface area (Å²) in [5.74, 6) is -3.09. The van der Waals surface area contributed by atoms with Crippen molar-refractivity contribution >= 4 is 41.7 Å². The third kappa shape index (κ3) is 6.22. The second kappa shape index (κ2) is 11.7. The van der Waals surface area contributed by atoms with Crippen molar-refractivity contribution in [2.75, 3.05) is 6.61 Å². The zero-order valence-corrected chi connectivity index (χ0v) is 24.1. The Balaban J connectivity index is 2.95. The molecule has 0 amide bonds. The van der Waals surface area contributed by atoms with Gasteiger partial charge >= 0.3 is 11.9 Å². The SMILES string of the molecule is Cc1cc(C)c(C(=O)P(=O)(C(=O)c2c(C)cc(C)cc2C)C(C(=O)OCC(C)C)C(Cl)C(=O)O)c(C)c1. The van der Waals surface area contributed by atoms with Crippen LogP contribution in [0, 0.1) is 47.5 Å². The van der Waals surface area contributed by atoms with Crippen molar-refractivity contribution < 1.29 is 33.6 Å². The molecule has 9 heteroatoms. The van der Waals surface area contributed by atoms with Crippen LogP contribution in [0.15, 0.2) is 24.3 Å². The first kappa shape index (κ1) is 30.5. The number of aliphatic carboxylic acids is 1. The van der Waals surface area contributed by atoms with Gasteiger partial charge in [0.1, 0.15) is 0 Å². The van der Waals surface area contributed by atoms with Crippen molar-refractivity contribution in [3.8, 4) is 0 Å². The smallest absolute Gasteiger partial charge is 0.323 e. The van der Waals surface area contributed by atoms with Crippen molar-refractivity contribution in [3.63, 3.8) is 0 Å². The molecule has 2 atom stereocenters. The number of ether oxygens (including phenoxy) is 1. The Morgan fingerprint density at radius 1 is 0.811 bits per heavy atom. The molecule has 2 aromatic carbocycles. The van der Waals surface area contributed by atoms with Gasteiger partial charge in [-0.3, -0.25) is 19.2 Å². The van der Waals surface area contributed by atoms with Gasteiger partial charge in [-0.1, -0.05) is 49.2 Å². The highest BCUT2D eigenvalue weighted by molar-refractivity contribution is 7.96. The highest BCUT2D eigenvalue weighted by Crippen LogP contribution is 2.59. The van der Waals surface area contributed by atoms with Crippen LogP contribution in [0.4, 0.5) is 0 Å². The first-order chi connectivity index (χ1) is 17.0. The maximum atomic E-state index is 15.0. The van der Waals surface area contributed by atoms with Crippen LogP contribution >= 0.6 is 18.7 Å². The molecule has 0 aliphatic carbocycles. The molecule has 200 valence electrons. The Hall–Kier alpha value is -2.76. The van der Waals surface area contributed by atoms with Gasteiger partial charge in [0.2, 0.25) is 18.2 Å². The minimum atomic E-state index is -5.08. The van der Waals surface area contributed by atoms with E-state index in [-0.39, 0.29) is 23.7 Å². The summed E-state index contributed by atoms with van der Waals surface area (Å²) in [6.07, 6.45) is 0. The average molecular weight is 549 g/mol. The summed E-state index contributed by atoms with van der Waals surface area (Å²) in [6.45, 7) is 13.5. The molecule has 0 saturated carbocycles. The monoisotopic (exact) mass is 548 g/mol. The predicted octanol–water partition coefficient (Wildman–Crippen LogP) is 6.14. The number of halogens is 1. The quantitative estimate of drug-likeness (QED) is 0.215. The largest absolute Gasteiger partial charge is 0.480 e. The average Bonchev–Trinajstić information content (AvgIpc) is 2.75. The van der Waals surface area contributed by atoms with Crippen LogP contribution in [-0.2, 0) is 18.9 Å². The number of carbonyl (C=O) groups excluding carboxylic acids is 3. The van der Waals surface area contributed by atoms with Gasteiger partial charge < -0.3 is 14.4 Å². The number of carbonyl (C=O) groups is 4. The lowest BCUT2D eigenvalue weighted by Gasteiger charge is -2.28. The molecule has 7 nitrogen and oxygen atoms in total. The van der Waals surface area contributed by atoms with Crippen molar-refractivity contribution in [1.29, 1.82) is 0 Å². The molecular weight excluding hydrogens is 515 g/mol. The highest BCUT2D eigenvalue weighted by atomic mass is 35.5. The molecular formula is C28H34ClO7P. The molecule has 0 aromatic heterocycles. The molecule has 2 rings (SSSR count). The molecule has 0 aliphatic rings. The van der Waals surface area contributed by atoms with Crippen LogP contribution in [0.1, 0.15) is 67.9 Å². The predicted molar refractivity (Wildman–Crippen MR) is 144 cm³/mol. The normalized spacial score (nSPS) is 13.2. The van der Waals surface area contributed by atoms with E-state index in [1.165, 1.54) is 0 Å². The van der Waals surface area contributed by atoms with E-state index in [1.807, 2.05) is 13.8 Å². The molecule has 0 radical (unpaired) electrons. The van der Waals surface area contributed by atoms with E-state index < -0.39 is 41.2 Å². The summed E-state index contributed by atoms with van der Waals surface area (Å²) in [5, 5.41) is 7.61. The number of esters is 1. The van der Waals surface area contributed by atoms with E-state index in [9.17, 15) is 28.8 Å². The third-order valence-electron chi connectivity index (χ3n) is 6.09. The van der Waals surface area contributed by atoms with E-state index in [1.54, 1.807) is 65.8 Å². The van der Waals surface area contributed by atoms with Gasteiger partial charge in [-0.25, -0.2) is 0 Å². The zero-order chi connectivity index (χ0) is 28.4. The Bertz CT molecular complexity index is 1190. The lowest BCUT2D eigenvalue weighted by atomic mass is 10.0. The maximum Gasteiger partial charge on any atom is 0.323 e. The molecule has 1 N–H and O–H groups in total. The van der Waals surface area contributed by atoms with Gasteiger partial charge in [0, 0.05) is 11.1 Å². The van der Waals surface area contributed by atoms with Crippen LogP contribution in [0.2, 0.25) is 0 Å². The van der Waals surface area contributed by atoms with Crippen molar-refractivity contribution in [2.45, 2.75) is 66.4 Å². The Morgan fingerprint density at radius 2 is 1.16 bits per heavy atom. The molecule has 0 aliphatic heterocycles. The van der Waals surface area contributed by atoms with Crippen LogP contribution in [0.25, 0.3) is 0 Å². The minimum Gasteiger partial charge on any atom is -0.480 e. The number of hydrogen-bond donors (Lipinski definition) is 1. The summed E-state index contributed by atoms with van der Waals surface area (Å²) < 4.78 is 20.2. The lowest BCUT2D eigenvalue weighted by Crippen LogP contribution is -2.41. The van der Waals surface area contributed by atoms with Gasteiger partial charge in [0.25, 0.3) is 0 Å². The number of alkyl halides is 1. The first-order valence-corrected chi connectivity index (χ1v) is 14.1. The number of carboxylic acid groups (broad SMARTS) is 1. The maximum absolute atomic E-state index is 15.0. The molecule has 2 unspecified atom stereocenters.